The molecule has 1 aliphatic heterocycles. The van der Waals surface area contributed by atoms with Gasteiger partial charge in [0.05, 0.1) is 12.3 Å². The number of halogens is 1. The van der Waals surface area contributed by atoms with Crippen molar-refractivity contribution in [2.24, 2.45) is 0 Å². The first-order valence-electron chi connectivity index (χ1n) is 7.95. The van der Waals surface area contributed by atoms with E-state index in [9.17, 15) is 5.11 Å². The number of aryl methyl sites for hydroxylation is 1. The van der Waals surface area contributed by atoms with Crippen molar-refractivity contribution in [3.05, 3.63) is 59.5 Å². The zero-order valence-corrected chi connectivity index (χ0v) is 15.3. The molecule has 1 N–H and O–H groups in total. The molecule has 0 unspecified atom stereocenters. The summed E-state index contributed by atoms with van der Waals surface area (Å²) in [5, 5.41) is 11.4. The lowest BCUT2D eigenvalue weighted by molar-refractivity contribution is -2.00. The monoisotopic (exact) mass is 406 g/mol. The molecular weight excluding hydrogens is 392 g/mol. The van der Waals surface area contributed by atoms with E-state index in [0.29, 0.717) is 0 Å². The third-order valence-corrected chi connectivity index (χ3v) is 3.76. The van der Waals surface area contributed by atoms with Crippen LogP contribution in [0.3, 0.4) is 0 Å². The van der Waals surface area contributed by atoms with Crippen LogP contribution in [0.15, 0.2) is 46.9 Å². The number of hydrogen-bond acceptors (Lipinski definition) is 7. The predicted molar refractivity (Wildman–Crippen MR) is 88.5 cm³/mol. The Morgan fingerprint density at radius 2 is 1.57 bits per heavy atom. The first-order chi connectivity index (χ1) is 13.2. The molecule has 8 nitrogen and oxygen atoms in total. The molecule has 0 spiro atoms. The van der Waals surface area contributed by atoms with E-state index in [4.69, 9.17) is 32.5 Å². The Morgan fingerprint density at radius 1 is 0.964 bits per heavy atom. The van der Waals surface area contributed by atoms with Gasteiger partial charge in [-0.25, -0.2) is 23.1 Å². The normalized spacial score (nSPS) is 12.9. The summed E-state index contributed by atoms with van der Waals surface area (Å²) in [7, 11) is -4.94. The lowest BCUT2D eigenvalue weighted by Crippen LogP contribution is -2.68. The smallest absolute Gasteiger partial charge is 0.360 e. The van der Waals surface area contributed by atoms with Crippen LogP contribution >= 0.6 is 0 Å². The molecule has 1 aliphatic rings. The van der Waals surface area contributed by atoms with E-state index >= 15 is 0 Å². The van der Waals surface area contributed by atoms with E-state index in [0.717, 1.165) is 39.4 Å². The van der Waals surface area contributed by atoms with Gasteiger partial charge < -0.3 is 14.6 Å². The van der Waals surface area contributed by atoms with E-state index < -0.39 is 10.2 Å². The zero-order chi connectivity index (χ0) is 20.3. The van der Waals surface area contributed by atoms with Gasteiger partial charge in [0, 0.05) is 23.6 Å². The molecule has 0 saturated heterocycles. The van der Waals surface area contributed by atoms with Crippen molar-refractivity contribution in [1.29, 1.82) is 0 Å². The van der Waals surface area contributed by atoms with Crippen LogP contribution in [-0.2, 0) is 0 Å². The number of ether oxygens (including phenoxy) is 2. The van der Waals surface area contributed by atoms with E-state index in [-0.39, 0.29) is 12.5 Å². The predicted octanol–water partition coefficient (Wildman–Crippen LogP) is -0.129. The number of rotatable bonds is 2. The maximum absolute atomic E-state index is 9.34. The zero-order valence-electron chi connectivity index (χ0n) is 14.6. The topological polar surface area (TPSA) is 142 Å². The third kappa shape index (κ3) is 5.32. The van der Waals surface area contributed by atoms with Crippen molar-refractivity contribution in [3.8, 4) is 17.2 Å². The van der Waals surface area contributed by atoms with Gasteiger partial charge in [-0.1, -0.05) is 12.1 Å². The van der Waals surface area contributed by atoms with E-state index in [1.165, 1.54) is 0 Å². The summed E-state index contributed by atoms with van der Waals surface area (Å²) >= 11 is 0. The molecule has 2 aromatic carbocycles. The molecule has 0 bridgehead atoms. The van der Waals surface area contributed by atoms with Gasteiger partial charge in [-0.2, -0.15) is 0 Å². The second-order valence-corrected chi connectivity index (χ2v) is 6.57. The van der Waals surface area contributed by atoms with Gasteiger partial charge >= 0.3 is 11.5 Å². The Morgan fingerprint density at radius 3 is 2.21 bits per heavy atom. The second kappa shape index (κ2) is 8.01. The Bertz CT molecular complexity index is 1000. The minimum Gasteiger partial charge on any atom is -0.508 e. The highest BCUT2D eigenvalue weighted by Crippen LogP contribution is 2.38. The average Bonchev–Trinajstić information content (AvgIpc) is 3.05. The van der Waals surface area contributed by atoms with Crippen LogP contribution in [0.5, 0.6) is 17.2 Å². The Kier molecular flexibility index (Phi) is 5.68. The van der Waals surface area contributed by atoms with Gasteiger partial charge in [0.25, 0.3) is 0 Å². The minimum absolute atomic E-state index is 0.250. The third-order valence-electron chi connectivity index (χ3n) is 3.76. The van der Waals surface area contributed by atoms with E-state index in [1.807, 2.05) is 49.4 Å². The fourth-order valence-electron chi connectivity index (χ4n) is 2.65. The number of benzene rings is 2. The van der Waals surface area contributed by atoms with Crippen molar-refractivity contribution in [2.75, 3.05) is 6.79 Å². The molecule has 146 valence electrons. The molecule has 2 heterocycles. The largest absolute Gasteiger partial charge is 0.508 e. The fourth-order valence-corrected chi connectivity index (χ4v) is 2.65. The van der Waals surface area contributed by atoms with Gasteiger partial charge in [-0.05, 0) is 29.8 Å². The van der Waals surface area contributed by atoms with Crippen LogP contribution in [0.1, 0.15) is 17.1 Å². The van der Waals surface area contributed by atoms with Crippen LogP contribution in [0.4, 0.5) is 0 Å². The second-order valence-electron chi connectivity index (χ2n) is 5.82. The standard InChI is InChI=1S/C19H14O4.ClHO4/c1-12-8-14-9-18-19(22-11-21-18)10-16(14)17(23-12)7-4-13-2-5-15(20)6-3-13;2-1(3,4)5/h2-10H,11H2,1H3;(H,2,3,4,5). The molecule has 0 aliphatic carbocycles. The van der Waals surface area contributed by atoms with Crippen LogP contribution in [-0.4, -0.2) is 11.9 Å². The Balaban J connectivity index is 0.000000403. The first-order valence-corrected chi connectivity index (χ1v) is 9.18. The average molecular weight is 407 g/mol. The van der Waals surface area contributed by atoms with Crippen molar-refractivity contribution < 1.29 is 47.9 Å². The van der Waals surface area contributed by atoms with E-state index in [1.54, 1.807) is 12.1 Å². The van der Waals surface area contributed by atoms with Crippen LogP contribution < -0.4 is 28.1 Å². The number of hydrogen-bond donors (Lipinski definition) is 1. The number of fused-ring (bicyclic) bond motifs is 2. The molecule has 0 fully saturated rings. The number of phenols is 1. The summed E-state index contributed by atoms with van der Waals surface area (Å²) < 4.78 is 50.7. The van der Waals surface area contributed by atoms with Crippen molar-refractivity contribution in [1.82, 2.24) is 0 Å². The minimum atomic E-state index is -4.94. The Hall–Kier alpha value is -2.88. The molecule has 0 amide bonds. The highest BCUT2D eigenvalue weighted by molar-refractivity contribution is 5.93. The Labute approximate surface area is 161 Å². The van der Waals surface area contributed by atoms with Gasteiger partial charge in [-0.3, -0.25) is 0 Å². The summed E-state index contributed by atoms with van der Waals surface area (Å²) in [4.78, 5) is 0. The fraction of sp³-hybridized carbons (Fsp3) is 0.105. The van der Waals surface area contributed by atoms with Gasteiger partial charge in [0.1, 0.15) is 5.75 Å². The lowest BCUT2D eigenvalue weighted by atomic mass is 10.1. The van der Waals surface area contributed by atoms with Crippen LogP contribution in [0.25, 0.3) is 22.9 Å². The van der Waals surface area contributed by atoms with Crippen molar-refractivity contribution in [3.63, 3.8) is 0 Å². The molecular formula is C19H15ClO8. The summed E-state index contributed by atoms with van der Waals surface area (Å²) in [5.74, 6) is 3.32. The van der Waals surface area contributed by atoms with Crippen LogP contribution in [0, 0.1) is 17.2 Å². The summed E-state index contributed by atoms with van der Waals surface area (Å²) in [5.41, 5.74) is 0.980. The molecule has 0 saturated carbocycles. The molecule has 0 radical (unpaired) electrons. The highest BCUT2D eigenvalue weighted by Gasteiger charge is 2.20. The van der Waals surface area contributed by atoms with Crippen LogP contribution in [0.2, 0.25) is 0 Å². The maximum atomic E-state index is 9.34. The van der Waals surface area contributed by atoms with Crippen molar-refractivity contribution in [2.45, 2.75) is 6.92 Å². The summed E-state index contributed by atoms with van der Waals surface area (Å²) in [6.07, 6.45) is 3.87. The molecule has 1 aromatic heterocycles. The SMILES string of the molecule is Cc1cc2cc3c(cc2c(C=Cc2ccc(O)cc2)[o+]1)OCO3.[O-][Cl+3]([O-])([O-])[O-]. The summed E-state index contributed by atoms with van der Waals surface area (Å²) in [6.45, 7) is 2.17. The molecule has 28 heavy (non-hydrogen) atoms. The number of aromatic hydroxyl groups is 1. The molecule has 0 atom stereocenters. The van der Waals surface area contributed by atoms with Gasteiger partial charge in [-0.15, -0.1) is 10.2 Å². The molecule has 4 rings (SSSR count). The van der Waals surface area contributed by atoms with E-state index in [2.05, 4.69) is 0 Å². The quantitative estimate of drug-likeness (QED) is 0.580. The molecule has 9 heteroatoms. The maximum Gasteiger partial charge on any atom is 0.360 e. The van der Waals surface area contributed by atoms with Gasteiger partial charge in [0.2, 0.25) is 6.79 Å². The summed E-state index contributed by atoms with van der Waals surface area (Å²) in [6, 6.07) is 12.9. The molecule has 3 aromatic rings. The first kappa shape index (κ1) is 19.9. The van der Waals surface area contributed by atoms with Crippen molar-refractivity contribution >= 4 is 22.9 Å². The number of phenolic OH excluding ortho intramolecular Hbond substituents is 1. The highest BCUT2D eigenvalue weighted by atomic mass is 35.7. The lowest BCUT2D eigenvalue weighted by Gasteiger charge is -2.17. The van der Waals surface area contributed by atoms with Gasteiger partial charge in [0.15, 0.2) is 11.5 Å².